The van der Waals surface area contributed by atoms with Crippen molar-refractivity contribution in [2.75, 3.05) is 7.05 Å². The molecule has 0 saturated carbocycles. The van der Waals surface area contributed by atoms with Crippen molar-refractivity contribution in [3.8, 4) is 5.75 Å². The third kappa shape index (κ3) is 6.55. The summed E-state index contributed by atoms with van der Waals surface area (Å²) < 4.78 is 8.23. The van der Waals surface area contributed by atoms with Crippen LogP contribution in [0.25, 0.3) is 0 Å². The minimum Gasteiger partial charge on any atom is -0.490 e. The SMILES string of the molecule is CCn1cnnc1CNC(=NC)NCc1ccc(C)cc1OC(C)CC(C)C. The minimum absolute atomic E-state index is 0.179. The van der Waals surface area contributed by atoms with Gasteiger partial charge in [0.2, 0.25) is 0 Å². The van der Waals surface area contributed by atoms with E-state index in [0.717, 1.165) is 30.1 Å². The van der Waals surface area contributed by atoms with Crippen LogP contribution in [0, 0.1) is 12.8 Å². The Labute approximate surface area is 168 Å². The van der Waals surface area contributed by atoms with Crippen LogP contribution in [0.2, 0.25) is 0 Å². The molecule has 2 rings (SSSR count). The van der Waals surface area contributed by atoms with E-state index in [0.29, 0.717) is 25.0 Å². The van der Waals surface area contributed by atoms with E-state index in [9.17, 15) is 0 Å². The molecule has 2 N–H and O–H groups in total. The quantitative estimate of drug-likeness (QED) is 0.511. The first-order valence-corrected chi connectivity index (χ1v) is 10.00. The summed E-state index contributed by atoms with van der Waals surface area (Å²) in [4.78, 5) is 4.30. The molecular weight excluding hydrogens is 352 g/mol. The third-order valence-electron chi connectivity index (χ3n) is 4.47. The van der Waals surface area contributed by atoms with Crippen LogP contribution in [0.15, 0.2) is 29.5 Å². The maximum atomic E-state index is 6.23. The Hall–Kier alpha value is -2.57. The topological polar surface area (TPSA) is 76.4 Å². The van der Waals surface area contributed by atoms with E-state index in [1.807, 2.05) is 4.57 Å². The van der Waals surface area contributed by atoms with Crippen molar-refractivity contribution in [2.45, 2.75) is 66.8 Å². The highest BCUT2D eigenvalue weighted by Crippen LogP contribution is 2.23. The van der Waals surface area contributed by atoms with Crippen LogP contribution in [-0.2, 0) is 19.6 Å². The van der Waals surface area contributed by atoms with Crippen molar-refractivity contribution in [3.63, 3.8) is 0 Å². The summed E-state index contributed by atoms with van der Waals surface area (Å²) in [6.07, 6.45) is 2.95. The van der Waals surface area contributed by atoms with Crippen molar-refractivity contribution in [1.82, 2.24) is 25.4 Å². The van der Waals surface area contributed by atoms with Gasteiger partial charge < -0.3 is 19.9 Å². The molecule has 154 valence electrons. The molecule has 0 radical (unpaired) electrons. The summed E-state index contributed by atoms with van der Waals surface area (Å²) in [6, 6.07) is 6.32. The molecule has 1 aromatic carbocycles. The number of rotatable bonds is 9. The Kier molecular flexibility index (Phi) is 8.29. The van der Waals surface area contributed by atoms with Crippen molar-refractivity contribution < 1.29 is 4.74 Å². The largest absolute Gasteiger partial charge is 0.490 e. The number of benzene rings is 1. The van der Waals surface area contributed by atoms with E-state index in [1.54, 1.807) is 13.4 Å². The highest BCUT2D eigenvalue weighted by Gasteiger charge is 2.11. The summed E-state index contributed by atoms with van der Waals surface area (Å²) in [6.45, 7) is 12.8. The lowest BCUT2D eigenvalue weighted by Gasteiger charge is -2.20. The smallest absolute Gasteiger partial charge is 0.191 e. The van der Waals surface area contributed by atoms with E-state index in [4.69, 9.17) is 4.74 Å². The molecule has 7 nitrogen and oxygen atoms in total. The number of hydrogen-bond donors (Lipinski definition) is 2. The van der Waals surface area contributed by atoms with Crippen molar-refractivity contribution in [1.29, 1.82) is 0 Å². The Bertz CT molecular complexity index is 768. The first-order valence-electron chi connectivity index (χ1n) is 10.00. The maximum absolute atomic E-state index is 6.23. The van der Waals surface area contributed by atoms with Crippen LogP contribution in [-0.4, -0.2) is 33.9 Å². The molecule has 2 aromatic rings. The second-order valence-corrected chi connectivity index (χ2v) is 7.48. The number of aryl methyl sites for hydroxylation is 2. The molecule has 7 heteroatoms. The highest BCUT2D eigenvalue weighted by atomic mass is 16.5. The summed E-state index contributed by atoms with van der Waals surface area (Å²) >= 11 is 0. The number of nitrogens with one attached hydrogen (secondary N) is 2. The van der Waals surface area contributed by atoms with Crippen LogP contribution < -0.4 is 15.4 Å². The zero-order chi connectivity index (χ0) is 20.5. The molecule has 0 spiro atoms. The van der Waals surface area contributed by atoms with Gasteiger partial charge in [0, 0.05) is 25.7 Å². The van der Waals surface area contributed by atoms with Gasteiger partial charge in [-0.15, -0.1) is 10.2 Å². The van der Waals surface area contributed by atoms with Gasteiger partial charge in [-0.05, 0) is 44.7 Å². The predicted octanol–water partition coefficient (Wildman–Crippen LogP) is 3.29. The summed E-state index contributed by atoms with van der Waals surface area (Å²) in [5, 5.41) is 14.7. The number of aromatic nitrogens is 3. The lowest BCUT2D eigenvalue weighted by Crippen LogP contribution is -2.37. The lowest BCUT2D eigenvalue weighted by atomic mass is 10.1. The Morgan fingerprint density at radius 1 is 1.21 bits per heavy atom. The molecule has 1 atom stereocenters. The van der Waals surface area contributed by atoms with Crippen LogP contribution in [0.1, 0.15) is 51.1 Å². The average molecular weight is 387 g/mol. The van der Waals surface area contributed by atoms with Crippen molar-refractivity contribution >= 4 is 5.96 Å². The second kappa shape index (κ2) is 10.7. The van der Waals surface area contributed by atoms with Crippen LogP contribution >= 0.6 is 0 Å². The molecule has 1 unspecified atom stereocenters. The normalized spacial score (nSPS) is 12.9. The van der Waals surface area contributed by atoms with E-state index in [-0.39, 0.29) is 6.10 Å². The Morgan fingerprint density at radius 3 is 2.64 bits per heavy atom. The average Bonchev–Trinajstić information content (AvgIpc) is 3.10. The third-order valence-corrected chi connectivity index (χ3v) is 4.47. The Morgan fingerprint density at radius 2 is 1.96 bits per heavy atom. The van der Waals surface area contributed by atoms with Crippen LogP contribution in [0.4, 0.5) is 0 Å². The number of guanidine groups is 1. The summed E-state index contributed by atoms with van der Waals surface area (Å²) in [7, 11) is 1.76. The molecule has 0 saturated heterocycles. The molecule has 0 aliphatic heterocycles. The van der Waals surface area contributed by atoms with Gasteiger partial charge in [0.05, 0.1) is 12.6 Å². The van der Waals surface area contributed by atoms with Gasteiger partial charge in [0.25, 0.3) is 0 Å². The number of nitrogens with zero attached hydrogens (tertiary/aromatic N) is 4. The van der Waals surface area contributed by atoms with E-state index >= 15 is 0 Å². The van der Waals surface area contributed by atoms with Gasteiger partial charge in [-0.25, -0.2) is 0 Å². The fourth-order valence-electron chi connectivity index (χ4n) is 3.09. The highest BCUT2D eigenvalue weighted by molar-refractivity contribution is 5.79. The lowest BCUT2D eigenvalue weighted by molar-refractivity contribution is 0.191. The molecular formula is C21H34N6O. The molecule has 1 aromatic heterocycles. The van der Waals surface area contributed by atoms with Gasteiger partial charge in [-0.3, -0.25) is 4.99 Å². The molecule has 0 bridgehead atoms. The predicted molar refractivity (Wildman–Crippen MR) is 113 cm³/mol. The van der Waals surface area contributed by atoms with Crippen LogP contribution in [0.5, 0.6) is 5.75 Å². The number of ether oxygens (including phenoxy) is 1. The Balaban J connectivity index is 1.98. The molecule has 0 fully saturated rings. The molecule has 0 amide bonds. The second-order valence-electron chi connectivity index (χ2n) is 7.48. The van der Waals surface area contributed by atoms with Gasteiger partial charge in [-0.1, -0.05) is 26.0 Å². The summed E-state index contributed by atoms with van der Waals surface area (Å²) in [5.41, 5.74) is 2.30. The fraction of sp³-hybridized carbons (Fsp3) is 0.571. The zero-order valence-corrected chi connectivity index (χ0v) is 18.0. The van der Waals surface area contributed by atoms with Gasteiger partial charge in [-0.2, -0.15) is 0 Å². The van der Waals surface area contributed by atoms with E-state index in [2.05, 4.69) is 78.6 Å². The van der Waals surface area contributed by atoms with E-state index < -0.39 is 0 Å². The van der Waals surface area contributed by atoms with Gasteiger partial charge in [0.15, 0.2) is 11.8 Å². The van der Waals surface area contributed by atoms with E-state index in [1.165, 1.54) is 5.56 Å². The molecule has 28 heavy (non-hydrogen) atoms. The summed E-state index contributed by atoms with van der Waals surface area (Å²) in [5.74, 6) is 3.14. The number of hydrogen-bond acceptors (Lipinski definition) is 4. The molecule has 0 aliphatic carbocycles. The van der Waals surface area contributed by atoms with Gasteiger partial charge in [0.1, 0.15) is 12.1 Å². The molecule has 0 aliphatic rings. The first-order chi connectivity index (χ1) is 13.4. The maximum Gasteiger partial charge on any atom is 0.191 e. The zero-order valence-electron chi connectivity index (χ0n) is 18.0. The standard InChI is InChI=1S/C21H34N6O/c1-7-27-14-25-26-20(27)13-24-21(22-6)23-12-18-9-8-16(4)11-19(18)28-17(5)10-15(2)3/h8-9,11,14-15,17H,7,10,12-13H2,1-6H3,(H2,22,23,24). The van der Waals surface area contributed by atoms with Crippen molar-refractivity contribution in [2.24, 2.45) is 10.9 Å². The first kappa shape index (κ1) is 21.7. The fourth-order valence-corrected chi connectivity index (χ4v) is 3.09. The minimum atomic E-state index is 0.179. The van der Waals surface area contributed by atoms with Crippen molar-refractivity contribution in [3.05, 3.63) is 41.5 Å². The molecule has 1 heterocycles. The van der Waals surface area contributed by atoms with Crippen LogP contribution in [0.3, 0.4) is 0 Å². The number of aliphatic imine (C=N–C) groups is 1. The monoisotopic (exact) mass is 386 g/mol. The van der Waals surface area contributed by atoms with Gasteiger partial charge >= 0.3 is 0 Å².